The Morgan fingerprint density at radius 2 is 1.85 bits per heavy atom. The van der Waals surface area contributed by atoms with Gasteiger partial charge in [-0.3, -0.25) is 4.79 Å². The molecule has 1 aliphatic heterocycles. The van der Waals surface area contributed by atoms with Gasteiger partial charge >= 0.3 is 0 Å². The smallest absolute Gasteiger partial charge is 0.250 e. The van der Waals surface area contributed by atoms with Crippen LogP contribution in [-0.4, -0.2) is 34.9 Å². The van der Waals surface area contributed by atoms with Gasteiger partial charge in [-0.15, -0.1) is 5.10 Å². The Morgan fingerprint density at radius 1 is 1.08 bits per heavy atom. The molecule has 0 N–H and O–H groups in total. The molecule has 0 fully saturated rings. The first-order valence-corrected chi connectivity index (χ1v) is 9.02. The van der Waals surface area contributed by atoms with Crippen LogP contribution in [0.25, 0.3) is 11.4 Å². The molecule has 7 heteroatoms. The monoisotopic (exact) mass is 367 g/mol. The lowest BCUT2D eigenvalue weighted by atomic mass is 10.1. The van der Waals surface area contributed by atoms with Crippen molar-refractivity contribution in [3.05, 3.63) is 54.1 Å². The molecule has 4 rings (SSSR count). The fourth-order valence-electron chi connectivity index (χ4n) is 2.90. The summed E-state index contributed by atoms with van der Waals surface area (Å²) >= 11 is 1.53. The van der Waals surface area contributed by atoms with Crippen molar-refractivity contribution in [2.75, 3.05) is 14.2 Å². The molecule has 1 aliphatic rings. The maximum absolute atomic E-state index is 12.6. The van der Waals surface area contributed by atoms with Crippen LogP contribution in [0.2, 0.25) is 0 Å². The fourth-order valence-corrected chi connectivity index (χ4v) is 4.04. The van der Waals surface area contributed by atoms with E-state index in [0.717, 1.165) is 11.1 Å². The summed E-state index contributed by atoms with van der Waals surface area (Å²) in [6.45, 7) is 0. The van der Waals surface area contributed by atoms with Crippen LogP contribution in [0.4, 0.5) is 0 Å². The molecular weight excluding hydrogens is 350 g/mol. The second kappa shape index (κ2) is 6.84. The number of ether oxygens (including phenoxy) is 2. The van der Waals surface area contributed by atoms with Crippen LogP contribution in [-0.2, 0) is 0 Å². The molecule has 26 heavy (non-hydrogen) atoms. The minimum absolute atomic E-state index is 0.0392. The molecule has 132 valence electrons. The Labute approximate surface area is 155 Å². The van der Waals surface area contributed by atoms with Crippen molar-refractivity contribution in [1.29, 1.82) is 0 Å². The van der Waals surface area contributed by atoms with Crippen molar-refractivity contribution in [1.82, 2.24) is 14.8 Å². The summed E-state index contributed by atoms with van der Waals surface area (Å²) in [6.07, 6.45) is 0.352. The zero-order chi connectivity index (χ0) is 18.1. The zero-order valence-electron chi connectivity index (χ0n) is 14.4. The lowest BCUT2D eigenvalue weighted by Crippen LogP contribution is -2.21. The van der Waals surface area contributed by atoms with Crippen LogP contribution in [0, 0.1) is 0 Å². The number of carbonyl (C=O) groups is 1. The van der Waals surface area contributed by atoms with Gasteiger partial charge < -0.3 is 9.47 Å². The first-order valence-electron chi connectivity index (χ1n) is 8.14. The summed E-state index contributed by atoms with van der Waals surface area (Å²) in [5.74, 6) is 1.82. The number of benzene rings is 2. The molecule has 1 aromatic heterocycles. The number of hydrogen-bond acceptors (Lipinski definition) is 6. The van der Waals surface area contributed by atoms with Crippen LogP contribution >= 0.6 is 11.8 Å². The summed E-state index contributed by atoms with van der Waals surface area (Å²) in [5, 5.41) is 4.95. The summed E-state index contributed by atoms with van der Waals surface area (Å²) in [5.41, 5.74) is 1.89. The number of methoxy groups -OCH3 is 2. The molecule has 0 amide bonds. The highest BCUT2D eigenvalue weighted by Gasteiger charge is 2.30. The number of nitrogens with zero attached hydrogens (tertiary/aromatic N) is 3. The van der Waals surface area contributed by atoms with E-state index in [1.54, 1.807) is 14.2 Å². The number of carbonyl (C=O) groups excluding carboxylic acids is 1. The number of aromatic nitrogens is 3. The van der Waals surface area contributed by atoms with Crippen molar-refractivity contribution in [2.45, 2.75) is 16.8 Å². The molecule has 2 heterocycles. The van der Waals surface area contributed by atoms with Crippen LogP contribution in [0.5, 0.6) is 11.5 Å². The quantitative estimate of drug-likeness (QED) is 0.698. The second-order valence-electron chi connectivity index (χ2n) is 5.81. The number of thioether (sulfide) groups is 1. The van der Waals surface area contributed by atoms with Crippen LogP contribution < -0.4 is 9.47 Å². The Bertz CT molecular complexity index is 956. The molecule has 6 nitrogen and oxygen atoms in total. The molecular formula is C19H17N3O3S. The molecule has 1 unspecified atom stereocenters. The molecule has 2 aromatic carbocycles. The third-order valence-corrected chi connectivity index (χ3v) is 5.43. The first-order chi connectivity index (χ1) is 12.7. The van der Waals surface area contributed by atoms with Crippen molar-refractivity contribution in [2.24, 2.45) is 0 Å². The maximum atomic E-state index is 12.6. The largest absolute Gasteiger partial charge is 0.493 e. The summed E-state index contributed by atoms with van der Waals surface area (Å²) in [6, 6.07) is 15.4. The van der Waals surface area contributed by atoms with Crippen molar-refractivity contribution in [3.8, 4) is 22.9 Å². The SMILES string of the molecule is COc1ccc(C2CC(=O)n3nc(-c4ccccc4)nc3S2)cc1OC. The highest BCUT2D eigenvalue weighted by atomic mass is 32.2. The maximum Gasteiger partial charge on any atom is 0.250 e. The molecule has 0 saturated carbocycles. The molecule has 0 saturated heterocycles. The van der Waals surface area contributed by atoms with E-state index in [2.05, 4.69) is 10.1 Å². The van der Waals surface area contributed by atoms with Gasteiger partial charge in [0, 0.05) is 17.2 Å². The van der Waals surface area contributed by atoms with Crippen molar-refractivity contribution < 1.29 is 14.3 Å². The van der Waals surface area contributed by atoms with Gasteiger partial charge in [-0.2, -0.15) is 4.68 Å². The van der Waals surface area contributed by atoms with Gasteiger partial charge in [0.25, 0.3) is 5.91 Å². The molecule has 0 radical (unpaired) electrons. The van der Waals surface area contributed by atoms with Gasteiger partial charge in [-0.25, -0.2) is 4.98 Å². The summed E-state index contributed by atoms with van der Waals surface area (Å²) < 4.78 is 12.1. The Morgan fingerprint density at radius 3 is 2.58 bits per heavy atom. The van der Waals surface area contributed by atoms with Gasteiger partial charge in [0.2, 0.25) is 0 Å². The van der Waals surface area contributed by atoms with E-state index in [1.165, 1.54) is 16.4 Å². The fraction of sp³-hybridized carbons (Fsp3) is 0.211. The van der Waals surface area contributed by atoms with E-state index in [0.29, 0.717) is 28.9 Å². The number of fused-ring (bicyclic) bond motifs is 1. The van der Waals surface area contributed by atoms with Gasteiger partial charge in [-0.1, -0.05) is 48.2 Å². The average molecular weight is 367 g/mol. The molecule has 0 bridgehead atoms. The Hall–Kier alpha value is -2.80. The summed E-state index contributed by atoms with van der Waals surface area (Å²) in [7, 11) is 3.20. The summed E-state index contributed by atoms with van der Waals surface area (Å²) in [4.78, 5) is 17.1. The van der Waals surface area contributed by atoms with Gasteiger partial charge in [0.15, 0.2) is 22.5 Å². The minimum Gasteiger partial charge on any atom is -0.493 e. The highest BCUT2D eigenvalue weighted by Crippen LogP contribution is 2.43. The number of rotatable bonds is 4. The second-order valence-corrected chi connectivity index (χ2v) is 6.98. The third-order valence-electron chi connectivity index (χ3n) is 4.23. The highest BCUT2D eigenvalue weighted by molar-refractivity contribution is 7.99. The average Bonchev–Trinajstić information content (AvgIpc) is 3.13. The molecule has 3 aromatic rings. The van der Waals surface area contributed by atoms with Crippen molar-refractivity contribution in [3.63, 3.8) is 0 Å². The Kier molecular flexibility index (Phi) is 4.38. The number of hydrogen-bond donors (Lipinski definition) is 0. The third kappa shape index (κ3) is 2.94. The van der Waals surface area contributed by atoms with Crippen LogP contribution in [0.3, 0.4) is 0 Å². The van der Waals surface area contributed by atoms with Crippen LogP contribution in [0.15, 0.2) is 53.7 Å². The Balaban J connectivity index is 1.66. The van der Waals surface area contributed by atoms with E-state index in [-0.39, 0.29) is 11.2 Å². The lowest BCUT2D eigenvalue weighted by molar-refractivity contribution is 0.0868. The van der Waals surface area contributed by atoms with Gasteiger partial charge in [-0.05, 0) is 17.7 Å². The van der Waals surface area contributed by atoms with E-state index in [1.807, 2.05) is 48.5 Å². The van der Waals surface area contributed by atoms with E-state index in [9.17, 15) is 4.79 Å². The standard InChI is InChI=1S/C19H17N3O3S/c1-24-14-9-8-13(10-15(14)25-2)16-11-17(23)22-19(26-16)20-18(21-22)12-6-4-3-5-7-12/h3-10,16H,11H2,1-2H3. The first kappa shape index (κ1) is 16.7. The molecule has 1 atom stereocenters. The predicted molar refractivity (Wildman–Crippen MR) is 98.8 cm³/mol. The van der Waals surface area contributed by atoms with E-state index < -0.39 is 0 Å². The van der Waals surface area contributed by atoms with Crippen molar-refractivity contribution >= 4 is 17.7 Å². The predicted octanol–water partition coefficient (Wildman–Crippen LogP) is 3.84. The van der Waals surface area contributed by atoms with E-state index >= 15 is 0 Å². The topological polar surface area (TPSA) is 66.2 Å². The zero-order valence-corrected chi connectivity index (χ0v) is 15.2. The van der Waals surface area contributed by atoms with E-state index in [4.69, 9.17) is 9.47 Å². The lowest BCUT2D eigenvalue weighted by Gasteiger charge is -2.21. The van der Waals surface area contributed by atoms with Gasteiger partial charge in [0.1, 0.15) is 0 Å². The van der Waals surface area contributed by atoms with Gasteiger partial charge in [0.05, 0.1) is 14.2 Å². The molecule has 0 spiro atoms. The normalized spacial score (nSPS) is 16.2. The van der Waals surface area contributed by atoms with Crippen LogP contribution in [0.1, 0.15) is 22.0 Å². The molecule has 0 aliphatic carbocycles. The minimum atomic E-state index is -0.0618.